The van der Waals surface area contributed by atoms with Gasteiger partial charge in [0.05, 0.1) is 18.9 Å². The number of nitrogens with zero attached hydrogens (tertiary/aromatic N) is 2. The average molecular weight is 560 g/mol. The Kier molecular flexibility index (Phi) is 8.30. The maximum Gasteiger partial charge on any atom is 0.436 e. The van der Waals surface area contributed by atoms with E-state index < -0.39 is 64.8 Å². The van der Waals surface area contributed by atoms with Gasteiger partial charge in [-0.25, -0.2) is 9.37 Å². The molecule has 1 fully saturated rings. The van der Waals surface area contributed by atoms with Crippen molar-refractivity contribution in [2.24, 2.45) is 11.5 Å². The van der Waals surface area contributed by atoms with Gasteiger partial charge in [0.1, 0.15) is 17.6 Å². The lowest BCUT2D eigenvalue weighted by Crippen LogP contribution is -2.58. The molecule has 3 atom stereocenters. The van der Waals surface area contributed by atoms with Crippen LogP contribution in [0.15, 0.2) is 24.3 Å². The van der Waals surface area contributed by atoms with E-state index in [9.17, 15) is 36.3 Å². The zero-order valence-corrected chi connectivity index (χ0v) is 20.9. The first-order chi connectivity index (χ1) is 18.1. The zero-order valence-electron chi connectivity index (χ0n) is 20.9. The average Bonchev–Trinajstić information content (AvgIpc) is 3.11. The summed E-state index contributed by atoms with van der Waals surface area (Å²) in [5.41, 5.74) is 6.27. The summed E-state index contributed by atoms with van der Waals surface area (Å²) in [6, 6.07) is 1.79. The highest BCUT2D eigenvalue weighted by Gasteiger charge is 2.66. The van der Waals surface area contributed by atoms with Crippen LogP contribution in [0.5, 0.6) is 5.75 Å². The van der Waals surface area contributed by atoms with Gasteiger partial charge in [0, 0.05) is 24.7 Å². The van der Waals surface area contributed by atoms with Crippen molar-refractivity contribution >= 4 is 34.9 Å². The fourth-order valence-corrected chi connectivity index (χ4v) is 4.12. The van der Waals surface area contributed by atoms with Gasteiger partial charge in [0.2, 0.25) is 23.4 Å². The summed E-state index contributed by atoms with van der Waals surface area (Å²) in [7, 11) is 0.921. The largest absolute Gasteiger partial charge is 0.491 e. The smallest absolute Gasteiger partial charge is 0.436 e. The van der Waals surface area contributed by atoms with Gasteiger partial charge >= 0.3 is 6.18 Å². The molecule has 3 amide bonds. The van der Waals surface area contributed by atoms with E-state index in [1.165, 1.54) is 6.92 Å². The van der Waals surface area contributed by atoms with Crippen LogP contribution in [-0.4, -0.2) is 60.4 Å². The minimum atomic E-state index is -5.12. The molecule has 2 unspecified atom stereocenters. The number of carbonyl (C=O) groups excluding carboxylic acids is 3. The molecule has 3 rings (SSSR count). The number of hydrogen-bond donors (Lipinski definition) is 4. The van der Waals surface area contributed by atoms with Gasteiger partial charge in [-0.2, -0.15) is 17.6 Å². The van der Waals surface area contributed by atoms with Crippen LogP contribution in [0.1, 0.15) is 30.8 Å². The molecule has 1 aromatic heterocycles. The SMILES string of the molecule is COc1c(N2C(C(=O)Nc3cc(NC(=O)CCN)nc(C(N)=O)c3)[C@@H](C)OC2(C)C(F)(F)F)ccc(F)c1F. The second kappa shape index (κ2) is 11.0. The highest BCUT2D eigenvalue weighted by molar-refractivity contribution is 6.01. The first kappa shape index (κ1) is 29.5. The molecular weight excluding hydrogens is 535 g/mol. The minimum absolute atomic E-state index is 0.00571. The third-order valence-electron chi connectivity index (χ3n) is 5.87. The van der Waals surface area contributed by atoms with Crippen molar-refractivity contribution in [3.63, 3.8) is 0 Å². The van der Waals surface area contributed by atoms with Crippen LogP contribution in [0.4, 0.5) is 39.1 Å². The monoisotopic (exact) mass is 560 g/mol. The summed E-state index contributed by atoms with van der Waals surface area (Å²) < 4.78 is 81.3. The number of primary amides is 1. The van der Waals surface area contributed by atoms with Gasteiger partial charge in [0.15, 0.2) is 11.6 Å². The fourth-order valence-electron chi connectivity index (χ4n) is 4.12. The van der Waals surface area contributed by atoms with Crippen molar-refractivity contribution in [1.29, 1.82) is 0 Å². The van der Waals surface area contributed by atoms with Crippen LogP contribution in [0.2, 0.25) is 0 Å². The summed E-state index contributed by atoms with van der Waals surface area (Å²) in [4.78, 5) is 41.4. The Balaban J connectivity index is 2.09. The number of benzene rings is 1. The summed E-state index contributed by atoms with van der Waals surface area (Å²) in [5.74, 6) is -6.74. The first-order valence-electron chi connectivity index (χ1n) is 11.3. The molecule has 0 aliphatic carbocycles. The van der Waals surface area contributed by atoms with Gasteiger partial charge in [-0.3, -0.25) is 14.4 Å². The summed E-state index contributed by atoms with van der Waals surface area (Å²) >= 11 is 0. The van der Waals surface area contributed by atoms with Crippen LogP contribution in [0, 0.1) is 11.6 Å². The molecule has 39 heavy (non-hydrogen) atoms. The van der Waals surface area contributed by atoms with Crippen LogP contribution < -0.4 is 31.7 Å². The van der Waals surface area contributed by atoms with Crippen LogP contribution in [0.3, 0.4) is 0 Å². The predicted octanol–water partition coefficient (Wildman–Crippen LogP) is 2.27. The normalized spacial score (nSPS) is 21.0. The molecule has 0 bridgehead atoms. The van der Waals surface area contributed by atoms with Crippen molar-refractivity contribution in [2.75, 3.05) is 29.2 Å². The number of methoxy groups -OCH3 is 1. The highest BCUT2D eigenvalue weighted by atomic mass is 19.4. The van der Waals surface area contributed by atoms with Crippen molar-refractivity contribution < 1.29 is 45.8 Å². The molecule has 1 aromatic carbocycles. The second-order valence-electron chi connectivity index (χ2n) is 8.60. The van der Waals surface area contributed by atoms with E-state index in [4.69, 9.17) is 20.9 Å². The van der Waals surface area contributed by atoms with Crippen LogP contribution in [-0.2, 0) is 14.3 Å². The molecule has 16 heteroatoms. The number of rotatable bonds is 8. The number of amides is 3. The number of pyridine rings is 1. The maximum absolute atomic E-state index is 14.5. The number of carbonyl (C=O) groups is 3. The number of hydrogen-bond acceptors (Lipinski definition) is 8. The predicted molar refractivity (Wildman–Crippen MR) is 128 cm³/mol. The quantitative estimate of drug-likeness (QED) is 0.358. The molecule has 212 valence electrons. The van der Waals surface area contributed by atoms with Gasteiger partial charge in [-0.15, -0.1) is 0 Å². The van der Waals surface area contributed by atoms with E-state index in [1.807, 2.05) is 0 Å². The molecule has 1 aliphatic rings. The lowest BCUT2D eigenvalue weighted by molar-refractivity contribution is -0.261. The van der Waals surface area contributed by atoms with Crippen LogP contribution >= 0.6 is 0 Å². The Morgan fingerprint density at radius 2 is 1.87 bits per heavy atom. The Labute approximate surface area is 218 Å². The molecule has 2 heterocycles. The lowest BCUT2D eigenvalue weighted by atomic mass is 10.1. The molecule has 1 aliphatic heterocycles. The lowest BCUT2D eigenvalue weighted by Gasteiger charge is -2.39. The molecule has 6 N–H and O–H groups in total. The van der Waals surface area contributed by atoms with E-state index >= 15 is 0 Å². The Morgan fingerprint density at radius 3 is 2.44 bits per heavy atom. The molecular formula is C23H25F5N6O5. The molecule has 0 radical (unpaired) electrons. The van der Waals surface area contributed by atoms with E-state index in [1.54, 1.807) is 0 Å². The summed E-state index contributed by atoms with van der Waals surface area (Å²) in [6.07, 6.45) is -6.67. The third kappa shape index (κ3) is 5.70. The Morgan fingerprint density at radius 1 is 1.21 bits per heavy atom. The van der Waals surface area contributed by atoms with E-state index in [2.05, 4.69) is 15.6 Å². The molecule has 0 saturated carbocycles. The molecule has 11 nitrogen and oxygen atoms in total. The first-order valence-corrected chi connectivity index (χ1v) is 11.3. The zero-order chi connectivity index (χ0) is 29.3. The second-order valence-corrected chi connectivity index (χ2v) is 8.60. The van der Waals surface area contributed by atoms with Crippen molar-refractivity contribution in [1.82, 2.24) is 4.98 Å². The minimum Gasteiger partial charge on any atom is -0.491 e. The molecule has 1 saturated heterocycles. The topological polar surface area (TPSA) is 162 Å². The van der Waals surface area contributed by atoms with Gasteiger partial charge in [0.25, 0.3) is 5.91 Å². The van der Waals surface area contributed by atoms with Crippen LogP contribution in [0.25, 0.3) is 0 Å². The van der Waals surface area contributed by atoms with Crippen molar-refractivity contribution in [3.05, 3.63) is 41.6 Å². The fraction of sp³-hybridized carbons (Fsp3) is 0.391. The van der Waals surface area contributed by atoms with Gasteiger partial charge in [-0.05, 0) is 32.0 Å². The maximum atomic E-state index is 14.5. The standard InChI is InChI=1S/C23H25F5N6O5/c1-10-18(21(37)31-11-8-13(20(30)36)32-15(9-11)33-16(35)6-7-29)34(22(2,39-10)23(26,27)28)14-5-4-12(24)17(25)19(14)38-3/h4-5,8-10,18H,6-7,29H2,1-3H3,(H2,30,36)(H2,31,32,33,35,37)/t10-,18?,22?/m1/s1. The Bertz CT molecular complexity index is 1290. The molecule has 2 aromatic rings. The van der Waals surface area contributed by atoms with E-state index in [0.717, 1.165) is 25.3 Å². The highest BCUT2D eigenvalue weighted by Crippen LogP contribution is 2.49. The molecule has 0 spiro atoms. The summed E-state index contributed by atoms with van der Waals surface area (Å²) in [5, 5.41) is 4.70. The number of aromatic nitrogens is 1. The number of alkyl halides is 3. The third-order valence-corrected chi connectivity index (χ3v) is 5.87. The number of halogens is 5. The Hall–Kier alpha value is -4.05. The number of ether oxygens (including phenoxy) is 2. The van der Waals surface area contributed by atoms with Crippen molar-refractivity contribution in [2.45, 2.75) is 44.3 Å². The van der Waals surface area contributed by atoms with E-state index in [0.29, 0.717) is 17.9 Å². The van der Waals surface area contributed by atoms with E-state index in [-0.39, 0.29) is 30.2 Å². The number of nitrogens with two attached hydrogens (primary N) is 2. The number of nitrogens with one attached hydrogen (secondary N) is 2. The number of anilines is 3. The summed E-state index contributed by atoms with van der Waals surface area (Å²) in [6.45, 7) is 1.81. The van der Waals surface area contributed by atoms with Crippen molar-refractivity contribution in [3.8, 4) is 5.75 Å². The van der Waals surface area contributed by atoms with Gasteiger partial charge < -0.3 is 36.5 Å². The van der Waals surface area contributed by atoms with Gasteiger partial charge in [-0.1, -0.05) is 0 Å².